The highest BCUT2D eigenvalue weighted by Gasteiger charge is 2.19. The quantitative estimate of drug-likeness (QED) is 0.468. The summed E-state index contributed by atoms with van der Waals surface area (Å²) in [4.78, 5) is 20.3. The minimum absolute atomic E-state index is 0.133. The molecule has 0 saturated heterocycles. The number of nitro groups is 2. The molecule has 0 aliphatic heterocycles. The Bertz CT molecular complexity index is 571. The summed E-state index contributed by atoms with van der Waals surface area (Å²) in [7, 11) is 0. The first-order chi connectivity index (χ1) is 9.85. The molecule has 0 heterocycles. The molecule has 8 nitrogen and oxygen atoms in total. The molecule has 8 heteroatoms. The van der Waals surface area contributed by atoms with Crippen LogP contribution in [0.3, 0.4) is 0 Å². The van der Waals surface area contributed by atoms with Gasteiger partial charge in [0.25, 0.3) is 5.69 Å². The molecule has 1 rings (SSSR count). The van der Waals surface area contributed by atoms with E-state index in [0.717, 1.165) is 24.6 Å². The number of nitrogens with zero attached hydrogens (tertiary/aromatic N) is 3. The summed E-state index contributed by atoms with van der Waals surface area (Å²) in [6, 6.07) is 3.41. The van der Waals surface area contributed by atoms with E-state index in [2.05, 4.69) is 24.4 Å². The third-order valence-electron chi connectivity index (χ3n) is 3.10. The van der Waals surface area contributed by atoms with Crippen LogP contribution in [0, 0.1) is 26.1 Å². The van der Waals surface area contributed by atoms with Gasteiger partial charge in [-0.15, -0.1) is 0 Å². The molecular weight excluding hydrogens is 276 g/mol. The molecule has 0 radical (unpaired) electrons. The molecular formula is C13H18N4O4. The van der Waals surface area contributed by atoms with Crippen LogP contribution in [-0.2, 0) is 0 Å². The highest BCUT2D eigenvalue weighted by Crippen LogP contribution is 2.28. The van der Waals surface area contributed by atoms with Crippen molar-refractivity contribution in [3.63, 3.8) is 0 Å². The van der Waals surface area contributed by atoms with Gasteiger partial charge in [0.15, 0.2) is 0 Å². The minimum Gasteiger partial charge on any atom is -0.272 e. The van der Waals surface area contributed by atoms with E-state index in [0.29, 0.717) is 5.92 Å². The van der Waals surface area contributed by atoms with Crippen LogP contribution in [0.2, 0.25) is 0 Å². The maximum absolute atomic E-state index is 11.0. The van der Waals surface area contributed by atoms with Crippen LogP contribution in [0.25, 0.3) is 0 Å². The van der Waals surface area contributed by atoms with Gasteiger partial charge in [-0.3, -0.25) is 25.7 Å². The van der Waals surface area contributed by atoms with Crippen LogP contribution >= 0.6 is 0 Å². The van der Waals surface area contributed by atoms with E-state index in [1.807, 2.05) is 6.92 Å². The molecule has 1 aromatic rings. The zero-order valence-corrected chi connectivity index (χ0v) is 12.2. The molecule has 114 valence electrons. The second-order valence-electron chi connectivity index (χ2n) is 4.89. The molecule has 1 N–H and O–H groups in total. The third-order valence-corrected chi connectivity index (χ3v) is 3.10. The monoisotopic (exact) mass is 294 g/mol. The number of non-ortho nitro benzene ring substituents is 1. The summed E-state index contributed by atoms with van der Waals surface area (Å²) in [5.74, 6) is 0.474. The SMILES string of the molecule is CC[C@H](C)C/C(C)=N\Nc1ccc([N+](=O)[O-])cc1[N+](=O)[O-]. The number of anilines is 1. The van der Waals surface area contributed by atoms with Gasteiger partial charge in [0.1, 0.15) is 5.69 Å². The summed E-state index contributed by atoms with van der Waals surface area (Å²) in [5.41, 5.74) is 2.87. The maximum atomic E-state index is 11.0. The van der Waals surface area contributed by atoms with Crippen molar-refractivity contribution >= 4 is 22.8 Å². The highest BCUT2D eigenvalue weighted by molar-refractivity contribution is 5.83. The predicted octanol–water partition coefficient (Wildman–Crippen LogP) is 3.73. The first-order valence-electron chi connectivity index (χ1n) is 6.57. The lowest BCUT2D eigenvalue weighted by Gasteiger charge is -2.08. The summed E-state index contributed by atoms with van der Waals surface area (Å²) >= 11 is 0. The van der Waals surface area contributed by atoms with Crippen LogP contribution in [0.1, 0.15) is 33.6 Å². The van der Waals surface area contributed by atoms with Gasteiger partial charge >= 0.3 is 5.69 Å². The summed E-state index contributed by atoms with van der Waals surface area (Å²) < 4.78 is 0. The lowest BCUT2D eigenvalue weighted by Crippen LogP contribution is -2.05. The third kappa shape index (κ3) is 4.83. The highest BCUT2D eigenvalue weighted by atomic mass is 16.6. The first kappa shape index (κ1) is 16.5. The van der Waals surface area contributed by atoms with Gasteiger partial charge in [0, 0.05) is 11.8 Å². The van der Waals surface area contributed by atoms with E-state index in [9.17, 15) is 20.2 Å². The zero-order chi connectivity index (χ0) is 16.0. The van der Waals surface area contributed by atoms with Crippen molar-refractivity contribution in [3.05, 3.63) is 38.4 Å². The van der Waals surface area contributed by atoms with Crippen molar-refractivity contribution in [2.24, 2.45) is 11.0 Å². The Hall–Kier alpha value is -2.51. The second-order valence-corrected chi connectivity index (χ2v) is 4.89. The molecule has 0 aromatic heterocycles. The number of benzene rings is 1. The largest absolute Gasteiger partial charge is 0.301 e. The lowest BCUT2D eigenvalue weighted by atomic mass is 10.0. The molecule has 0 spiro atoms. The fourth-order valence-corrected chi connectivity index (χ4v) is 1.73. The van der Waals surface area contributed by atoms with Gasteiger partial charge < -0.3 is 0 Å². The summed E-state index contributed by atoms with van der Waals surface area (Å²) in [6.45, 7) is 6.00. The Morgan fingerprint density at radius 3 is 2.52 bits per heavy atom. The topological polar surface area (TPSA) is 111 Å². The Kier molecular flexibility index (Phi) is 5.77. The average molecular weight is 294 g/mol. The van der Waals surface area contributed by atoms with E-state index in [1.54, 1.807) is 0 Å². The fraction of sp³-hybridized carbons (Fsp3) is 0.462. The van der Waals surface area contributed by atoms with Gasteiger partial charge in [0.2, 0.25) is 0 Å². The van der Waals surface area contributed by atoms with Crippen LogP contribution in [-0.4, -0.2) is 15.6 Å². The lowest BCUT2D eigenvalue weighted by molar-refractivity contribution is -0.393. The molecule has 1 atom stereocenters. The number of nitro benzene ring substituents is 2. The van der Waals surface area contributed by atoms with Crippen molar-refractivity contribution in [1.82, 2.24) is 0 Å². The number of rotatable bonds is 7. The Morgan fingerprint density at radius 1 is 1.33 bits per heavy atom. The number of nitrogens with one attached hydrogen (secondary N) is 1. The molecule has 0 aliphatic rings. The standard InChI is InChI=1S/C13H18N4O4/c1-4-9(2)7-10(3)14-15-12-6-5-11(16(18)19)8-13(12)17(20)21/h5-6,8-9,15H,4,7H2,1-3H3/b14-10-/t9-/m0/s1. The maximum Gasteiger partial charge on any atom is 0.301 e. The van der Waals surface area contributed by atoms with Crippen LogP contribution in [0.5, 0.6) is 0 Å². The van der Waals surface area contributed by atoms with E-state index in [4.69, 9.17) is 0 Å². The van der Waals surface area contributed by atoms with Crippen LogP contribution < -0.4 is 5.43 Å². The van der Waals surface area contributed by atoms with Gasteiger partial charge in [-0.25, -0.2) is 0 Å². The van der Waals surface area contributed by atoms with Crippen LogP contribution in [0.15, 0.2) is 23.3 Å². The zero-order valence-electron chi connectivity index (χ0n) is 12.2. The molecule has 0 saturated carbocycles. The Labute approximate surface area is 122 Å². The van der Waals surface area contributed by atoms with Crippen molar-refractivity contribution in [3.8, 4) is 0 Å². The predicted molar refractivity (Wildman–Crippen MR) is 80.6 cm³/mol. The first-order valence-corrected chi connectivity index (χ1v) is 6.57. The fourth-order valence-electron chi connectivity index (χ4n) is 1.73. The average Bonchev–Trinajstić information content (AvgIpc) is 2.44. The number of hydrazone groups is 1. The molecule has 0 fully saturated rings. The molecule has 0 amide bonds. The molecule has 1 aromatic carbocycles. The van der Waals surface area contributed by atoms with E-state index in [1.165, 1.54) is 12.1 Å². The second kappa shape index (κ2) is 7.32. The van der Waals surface area contributed by atoms with Gasteiger partial charge in [-0.05, 0) is 25.3 Å². The van der Waals surface area contributed by atoms with Crippen molar-refractivity contribution in [2.45, 2.75) is 33.6 Å². The number of hydrogen-bond donors (Lipinski definition) is 1. The molecule has 21 heavy (non-hydrogen) atoms. The normalized spacial score (nSPS) is 12.8. The Morgan fingerprint density at radius 2 is 2.00 bits per heavy atom. The minimum atomic E-state index is -0.672. The summed E-state index contributed by atoms with van der Waals surface area (Å²) in [6.07, 6.45) is 1.80. The smallest absolute Gasteiger partial charge is 0.272 e. The van der Waals surface area contributed by atoms with Crippen LogP contribution in [0.4, 0.5) is 17.1 Å². The van der Waals surface area contributed by atoms with Crippen molar-refractivity contribution in [2.75, 3.05) is 5.43 Å². The molecule has 0 unspecified atom stereocenters. The van der Waals surface area contributed by atoms with E-state index < -0.39 is 9.85 Å². The van der Waals surface area contributed by atoms with Crippen molar-refractivity contribution in [1.29, 1.82) is 0 Å². The van der Waals surface area contributed by atoms with Gasteiger partial charge in [-0.2, -0.15) is 5.10 Å². The van der Waals surface area contributed by atoms with Crippen molar-refractivity contribution < 1.29 is 9.85 Å². The van der Waals surface area contributed by atoms with Gasteiger partial charge in [0.05, 0.1) is 15.9 Å². The van der Waals surface area contributed by atoms with Gasteiger partial charge in [-0.1, -0.05) is 20.3 Å². The van der Waals surface area contributed by atoms with E-state index >= 15 is 0 Å². The number of hydrogen-bond acceptors (Lipinski definition) is 6. The molecule has 0 aliphatic carbocycles. The summed E-state index contributed by atoms with van der Waals surface area (Å²) in [5, 5.41) is 25.7. The molecule has 0 bridgehead atoms. The Balaban J connectivity index is 2.95. The van der Waals surface area contributed by atoms with E-state index in [-0.39, 0.29) is 17.1 Å².